The van der Waals surface area contributed by atoms with Gasteiger partial charge in [0, 0.05) is 6.07 Å². The van der Waals surface area contributed by atoms with E-state index in [4.69, 9.17) is 0 Å². The number of rotatable bonds is 2. The van der Waals surface area contributed by atoms with Gasteiger partial charge in [-0.25, -0.2) is 0 Å². The molecule has 2 rings (SSSR count). The van der Waals surface area contributed by atoms with E-state index in [2.05, 4.69) is 10.5 Å². The summed E-state index contributed by atoms with van der Waals surface area (Å²) >= 11 is 0. The molecule has 4 heteroatoms. The van der Waals surface area contributed by atoms with Crippen LogP contribution in [0.1, 0.15) is 0 Å². The highest BCUT2D eigenvalue weighted by Crippen LogP contribution is 2.04. The van der Waals surface area contributed by atoms with Crippen LogP contribution in [0, 0.1) is 5.95 Å². The number of benzene rings is 1. The fraction of sp³-hybridized carbons (Fsp3) is 0. The van der Waals surface area contributed by atoms with Crippen LogP contribution in [0.25, 0.3) is 0 Å². The Hall–Kier alpha value is -1.84. The van der Waals surface area contributed by atoms with Gasteiger partial charge in [0.15, 0.2) is 0 Å². The van der Waals surface area contributed by atoms with Crippen LogP contribution >= 0.6 is 0 Å². The first kappa shape index (κ1) is 7.79. The summed E-state index contributed by atoms with van der Waals surface area (Å²) < 4.78 is 12.5. The van der Waals surface area contributed by atoms with Crippen LogP contribution in [0.5, 0.6) is 0 Å². The third-order valence-electron chi connectivity index (χ3n) is 1.57. The Bertz CT molecular complexity index is 383. The van der Waals surface area contributed by atoms with Crippen LogP contribution in [0.15, 0.2) is 42.6 Å². The second kappa shape index (κ2) is 3.26. The number of aromatic nitrogens is 2. The van der Waals surface area contributed by atoms with Crippen LogP contribution in [-0.4, -0.2) is 9.89 Å². The maximum atomic E-state index is 12.5. The normalized spacial score (nSPS) is 9.92. The minimum atomic E-state index is -0.497. The Morgan fingerprint density at radius 1 is 1.15 bits per heavy atom. The summed E-state index contributed by atoms with van der Waals surface area (Å²) in [5.74, 6) is -0.497. The summed E-state index contributed by atoms with van der Waals surface area (Å²) in [7, 11) is 0. The number of para-hydroxylation sites is 1. The van der Waals surface area contributed by atoms with Gasteiger partial charge in [0.2, 0.25) is 5.95 Å². The number of hydrogen-bond donors (Lipinski definition) is 1. The summed E-state index contributed by atoms with van der Waals surface area (Å²) in [4.78, 5) is 1.32. The zero-order valence-electron chi connectivity index (χ0n) is 6.81. The van der Waals surface area contributed by atoms with Crippen LogP contribution in [0.4, 0.5) is 10.1 Å². The first-order chi connectivity index (χ1) is 6.34. The van der Waals surface area contributed by atoms with Crippen molar-refractivity contribution in [2.24, 2.45) is 0 Å². The molecular formula is C9H8FN3. The molecule has 2 aromatic rings. The maximum absolute atomic E-state index is 12.5. The molecule has 0 bridgehead atoms. The van der Waals surface area contributed by atoms with Crippen molar-refractivity contribution in [3.8, 4) is 0 Å². The van der Waals surface area contributed by atoms with E-state index in [9.17, 15) is 4.39 Å². The van der Waals surface area contributed by atoms with Crippen molar-refractivity contribution in [3.05, 3.63) is 48.5 Å². The molecule has 0 fully saturated rings. The van der Waals surface area contributed by atoms with E-state index in [0.717, 1.165) is 5.69 Å². The molecule has 0 aliphatic carbocycles. The van der Waals surface area contributed by atoms with Gasteiger partial charge in [-0.15, -0.1) is 5.10 Å². The van der Waals surface area contributed by atoms with E-state index in [1.807, 2.05) is 30.3 Å². The van der Waals surface area contributed by atoms with Gasteiger partial charge in [-0.2, -0.15) is 9.18 Å². The summed E-state index contributed by atoms with van der Waals surface area (Å²) in [6, 6.07) is 10.7. The first-order valence-corrected chi connectivity index (χ1v) is 3.88. The molecule has 0 amide bonds. The molecule has 0 radical (unpaired) electrons. The van der Waals surface area contributed by atoms with Crippen molar-refractivity contribution in [1.82, 2.24) is 9.89 Å². The number of hydrogen-bond acceptors (Lipinski definition) is 2. The third-order valence-corrected chi connectivity index (χ3v) is 1.57. The monoisotopic (exact) mass is 177 g/mol. The lowest BCUT2D eigenvalue weighted by molar-refractivity contribution is 0.559. The predicted molar refractivity (Wildman–Crippen MR) is 47.6 cm³/mol. The molecule has 0 aliphatic heterocycles. The lowest BCUT2D eigenvalue weighted by atomic mass is 10.3. The van der Waals surface area contributed by atoms with Gasteiger partial charge in [-0.1, -0.05) is 18.2 Å². The first-order valence-electron chi connectivity index (χ1n) is 3.88. The topological polar surface area (TPSA) is 29.9 Å². The smallest absolute Gasteiger partial charge is 0.234 e. The van der Waals surface area contributed by atoms with Gasteiger partial charge < -0.3 is 0 Å². The van der Waals surface area contributed by atoms with Gasteiger partial charge in [-0.05, 0) is 12.1 Å². The van der Waals surface area contributed by atoms with Crippen LogP contribution in [0.2, 0.25) is 0 Å². The van der Waals surface area contributed by atoms with Crippen LogP contribution in [0.3, 0.4) is 0 Å². The number of halogens is 1. The standard InChI is InChI=1S/C9H8FN3/c10-9-6-7-13(12-9)11-8-4-2-1-3-5-8/h1-7,11H. The minimum Gasteiger partial charge on any atom is -0.278 e. The van der Waals surface area contributed by atoms with Crippen LogP contribution < -0.4 is 5.43 Å². The fourth-order valence-electron chi connectivity index (χ4n) is 1.01. The molecule has 0 unspecified atom stereocenters. The van der Waals surface area contributed by atoms with Gasteiger partial charge in [-0.3, -0.25) is 5.43 Å². The lowest BCUT2D eigenvalue weighted by Crippen LogP contribution is -2.09. The van der Waals surface area contributed by atoms with E-state index in [1.165, 1.54) is 17.1 Å². The highest BCUT2D eigenvalue weighted by atomic mass is 19.1. The molecule has 1 aromatic heterocycles. The SMILES string of the molecule is Fc1ccn(Nc2ccccc2)n1. The molecule has 0 saturated carbocycles. The minimum absolute atomic E-state index is 0.497. The van der Waals surface area contributed by atoms with Crippen molar-refractivity contribution < 1.29 is 4.39 Å². The summed E-state index contributed by atoms with van der Waals surface area (Å²) in [5.41, 5.74) is 3.76. The fourth-order valence-corrected chi connectivity index (χ4v) is 1.01. The molecule has 3 nitrogen and oxygen atoms in total. The molecule has 0 atom stereocenters. The van der Waals surface area contributed by atoms with Crippen LogP contribution in [-0.2, 0) is 0 Å². The quantitative estimate of drug-likeness (QED) is 0.759. The Labute approximate surface area is 74.8 Å². The third kappa shape index (κ3) is 1.84. The summed E-state index contributed by atoms with van der Waals surface area (Å²) in [6.45, 7) is 0. The number of nitrogens with zero attached hydrogens (tertiary/aromatic N) is 2. The average Bonchev–Trinajstić information content (AvgIpc) is 2.53. The van der Waals surface area contributed by atoms with Crippen molar-refractivity contribution in [3.63, 3.8) is 0 Å². The van der Waals surface area contributed by atoms with Crippen molar-refractivity contribution in [2.45, 2.75) is 0 Å². The molecule has 0 spiro atoms. The predicted octanol–water partition coefficient (Wildman–Crippen LogP) is 1.90. The Morgan fingerprint density at radius 2 is 1.92 bits per heavy atom. The zero-order valence-corrected chi connectivity index (χ0v) is 6.81. The Balaban J connectivity index is 2.15. The second-order valence-electron chi connectivity index (χ2n) is 2.56. The molecule has 0 saturated heterocycles. The molecule has 13 heavy (non-hydrogen) atoms. The Morgan fingerprint density at radius 3 is 2.54 bits per heavy atom. The lowest BCUT2D eigenvalue weighted by Gasteiger charge is -2.03. The molecule has 66 valence electrons. The van der Waals surface area contributed by atoms with E-state index < -0.39 is 5.95 Å². The van der Waals surface area contributed by atoms with E-state index >= 15 is 0 Å². The van der Waals surface area contributed by atoms with E-state index in [0.29, 0.717) is 0 Å². The summed E-state index contributed by atoms with van der Waals surface area (Å²) in [6.07, 6.45) is 1.52. The summed E-state index contributed by atoms with van der Waals surface area (Å²) in [5, 5.41) is 3.54. The maximum Gasteiger partial charge on any atom is 0.234 e. The largest absolute Gasteiger partial charge is 0.278 e. The Kier molecular flexibility index (Phi) is 1.96. The number of anilines is 1. The second-order valence-corrected chi connectivity index (χ2v) is 2.56. The number of nitrogens with one attached hydrogen (secondary N) is 1. The molecule has 1 aromatic carbocycles. The zero-order chi connectivity index (χ0) is 9.10. The van der Waals surface area contributed by atoms with Gasteiger partial charge in [0.05, 0.1) is 11.9 Å². The van der Waals surface area contributed by atoms with Gasteiger partial charge >= 0.3 is 0 Å². The van der Waals surface area contributed by atoms with Gasteiger partial charge in [0.1, 0.15) is 0 Å². The molecule has 1 heterocycles. The van der Waals surface area contributed by atoms with Crippen molar-refractivity contribution >= 4 is 5.69 Å². The molecule has 1 N–H and O–H groups in total. The van der Waals surface area contributed by atoms with E-state index in [1.54, 1.807) is 0 Å². The van der Waals surface area contributed by atoms with Crippen molar-refractivity contribution in [2.75, 3.05) is 5.43 Å². The molecule has 0 aliphatic rings. The highest BCUT2D eigenvalue weighted by Gasteiger charge is 1.95. The highest BCUT2D eigenvalue weighted by molar-refractivity contribution is 5.41. The molecular weight excluding hydrogens is 169 g/mol. The van der Waals surface area contributed by atoms with E-state index in [-0.39, 0.29) is 0 Å². The van der Waals surface area contributed by atoms with Gasteiger partial charge in [0.25, 0.3) is 0 Å². The average molecular weight is 177 g/mol. The van der Waals surface area contributed by atoms with Crippen molar-refractivity contribution in [1.29, 1.82) is 0 Å².